The van der Waals surface area contributed by atoms with Crippen molar-refractivity contribution in [3.8, 4) is 5.75 Å². The van der Waals surface area contributed by atoms with Gasteiger partial charge in [0.1, 0.15) is 11.8 Å². The molecule has 1 aliphatic rings. The van der Waals surface area contributed by atoms with Crippen molar-refractivity contribution in [2.75, 3.05) is 6.54 Å². The van der Waals surface area contributed by atoms with E-state index in [-0.39, 0.29) is 18.1 Å². The molecule has 1 aromatic rings. The van der Waals surface area contributed by atoms with Crippen LogP contribution in [0.4, 0.5) is 0 Å². The average molecular weight is 277 g/mol. The number of aliphatic carboxylic acids is 1. The normalized spacial score (nSPS) is 22.6. The summed E-state index contributed by atoms with van der Waals surface area (Å²) in [5.74, 6) is -0.823. The molecule has 0 aliphatic carbocycles. The van der Waals surface area contributed by atoms with Gasteiger partial charge in [0.2, 0.25) is 5.91 Å². The van der Waals surface area contributed by atoms with Crippen LogP contribution in [0.5, 0.6) is 5.75 Å². The third-order valence-corrected chi connectivity index (χ3v) is 3.80. The lowest BCUT2D eigenvalue weighted by atomic mass is 9.92. The van der Waals surface area contributed by atoms with E-state index in [2.05, 4.69) is 0 Å². The van der Waals surface area contributed by atoms with Crippen LogP contribution in [-0.2, 0) is 16.0 Å². The number of nitrogens with zero attached hydrogens (tertiary/aromatic N) is 1. The number of carbonyl (C=O) groups excluding carboxylic acids is 1. The topological polar surface area (TPSA) is 77.8 Å². The van der Waals surface area contributed by atoms with Gasteiger partial charge in [-0.25, -0.2) is 4.79 Å². The van der Waals surface area contributed by atoms with E-state index >= 15 is 0 Å². The lowest BCUT2D eigenvalue weighted by Gasteiger charge is -2.36. The first kappa shape index (κ1) is 14.4. The number of hydrogen-bond donors (Lipinski definition) is 2. The molecule has 0 saturated carbocycles. The van der Waals surface area contributed by atoms with E-state index in [4.69, 9.17) is 0 Å². The Kier molecular flexibility index (Phi) is 4.27. The van der Waals surface area contributed by atoms with Crippen LogP contribution in [0.25, 0.3) is 0 Å². The molecule has 108 valence electrons. The maximum Gasteiger partial charge on any atom is 0.326 e. The Morgan fingerprint density at radius 3 is 2.70 bits per heavy atom. The van der Waals surface area contributed by atoms with Gasteiger partial charge in [0.15, 0.2) is 0 Å². The number of carbonyl (C=O) groups is 2. The molecule has 2 rings (SSSR count). The second kappa shape index (κ2) is 5.94. The van der Waals surface area contributed by atoms with E-state index in [0.29, 0.717) is 24.4 Å². The largest absolute Gasteiger partial charge is 0.508 e. The van der Waals surface area contributed by atoms with Crippen LogP contribution in [0.3, 0.4) is 0 Å². The molecule has 2 unspecified atom stereocenters. The first-order chi connectivity index (χ1) is 9.49. The second-order valence-corrected chi connectivity index (χ2v) is 5.38. The highest BCUT2D eigenvalue weighted by Crippen LogP contribution is 2.24. The summed E-state index contributed by atoms with van der Waals surface area (Å²) in [6.45, 7) is 2.46. The van der Waals surface area contributed by atoms with E-state index in [1.54, 1.807) is 18.2 Å². The molecule has 20 heavy (non-hydrogen) atoms. The van der Waals surface area contributed by atoms with Crippen LogP contribution >= 0.6 is 0 Å². The summed E-state index contributed by atoms with van der Waals surface area (Å²) in [4.78, 5) is 25.0. The molecule has 2 atom stereocenters. The van der Waals surface area contributed by atoms with Gasteiger partial charge in [-0.3, -0.25) is 4.79 Å². The molecule has 1 aromatic carbocycles. The number of piperidine rings is 1. The minimum absolute atomic E-state index is 0.0326. The molecule has 0 radical (unpaired) electrons. The lowest BCUT2D eigenvalue weighted by molar-refractivity contribution is -0.152. The number of carboxylic acid groups (broad SMARTS) is 1. The zero-order valence-corrected chi connectivity index (χ0v) is 11.5. The van der Waals surface area contributed by atoms with E-state index in [9.17, 15) is 19.8 Å². The predicted octanol–water partition coefficient (Wildman–Crippen LogP) is 1.65. The van der Waals surface area contributed by atoms with E-state index < -0.39 is 12.0 Å². The number of rotatable bonds is 3. The minimum atomic E-state index is -0.956. The SMILES string of the molecule is CC1CCN(C(=O)Cc2ccccc2O)C(C(=O)O)C1. The molecule has 0 spiro atoms. The lowest BCUT2D eigenvalue weighted by Crippen LogP contribution is -2.50. The van der Waals surface area contributed by atoms with Gasteiger partial charge in [0, 0.05) is 12.1 Å². The zero-order chi connectivity index (χ0) is 14.7. The van der Waals surface area contributed by atoms with Crippen LogP contribution in [0.1, 0.15) is 25.3 Å². The molecule has 1 fully saturated rings. The summed E-state index contributed by atoms with van der Waals surface area (Å²) < 4.78 is 0. The number of benzene rings is 1. The van der Waals surface area contributed by atoms with Gasteiger partial charge in [0.05, 0.1) is 6.42 Å². The summed E-state index contributed by atoms with van der Waals surface area (Å²) in [5, 5.41) is 18.9. The van der Waals surface area contributed by atoms with Crippen molar-refractivity contribution in [2.45, 2.75) is 32.2 Å². The van der Waals surface area contributed by atoms with Crippen molar-refractivity contribution in [1.82, 2.24) is 4.90 Å². The molecule has 1 aliphatic heterocycles. The van der Waals surface area contributed by atoms with Crippen molar-refractivity contribution in [3.05, 3.63) is 29.8 Å². The number of amides is 1. The molecular weight excluding hydrogens is 258 g/mol. The summed E-state index contributed by atoms with van der Waals surface area (Å²) >= 11 is 0. The Bertz CT molecular complexity index is 514. The van der Waals surface area contributed by atoms with Crippen molar-refractivity contribution < 1.29 is 19.8 Å². The fourth-order valence-corrected chi connectivity index (χ4v) is 2.60. The molecule has 5 nitrogen and oxygen atoms in total. The van der Waals surface area contributed by atoms with Crippen LogP contribution in [-0.4, -0.2) is 39.6 Å². The highest BCUT2D eigenvalue weighted by atomic mass is 16.4. The molecule has 1 saturated heterocycles. The number of phenolic OH excluding ortho intramolecular Hbond substituents is 1. The number of aromatic hydroxyl groups is 1. The fraction of sp³-hybridized carbons (Fsp3) is 0.467. The number of para-hydroxylation sites is 1. The average Bonchev–Trinajstić information content (AvgIpc) is 2.41. The zero-order valence-electron chi connectivity index (χ0n) is 11.5. The molecule has 1 amide bonds. The van der Waals surface area contributed by atoms with Crippen LogP contribution < -0.4 is 0 Å². The Labute approximate surface area is 117 Å². The van der Waals surface area contributed by atoms with Gasteiger partial charge in [-0.15, -0.1) is 0 Å². The number of likely N-dealkylation sites (tertiary alicyclic amines) is 1. The summed E-state index contributed by atoms with van der Waals surface area (Å²) in [5.41, 5.74) is 0.528. The van der Waals surface area contributed by atoms with Gasteiger partial charge in [-0.05, 0) is 24.8 Å². The molecule has 0 aromatic heterocycles. The van der Waals surface area contributed by atoms with Crippen molar-refractivity contribution in [3.63, 3.8) is 0 Å². The quantitative estimate of drug-likeness (QED) is 0.880. The minimum Gasteiger partial charge on any atom is -0.508 e. The Morgan fingerprint density at radius 1 is 1.35 bits per heavy atom. The highest BCUT2D eigenvalue weighted by molar-refractivity contribution is 5.85. The van der Waals surface area contributed by atoms with Gasteiger partial charge in [0.25, 0.3) is 0 Å². The summed E-state index contributed by atoms with van der Waals surface area (Å²) in [6, 6.07) is 5.88. The van der Waals surface area contributed by atoms with Crippen LogP contribution in [0.15, 0.2) is 24.3 Å². The molecule has 0 bridgehead atoms. The van der Waals surface area contributed by atoms with Gasteiger partial charge >= 0.3 is 5.97 Å². The Hall–Kier alpha value is -2.04. The number of phenols is 1. The van der Waals surface area contributed by atoms with Crippen LogP contribution in [0.2, 0.25) is 0 Å². The molecule has 5 heteroatoms. The summed E-state index contributed by atoms with van der Waals surface area (Å²) in [6.07, 6.45) is 1.34. The molecule has 1 heterocycles. The van der Waals surface area contributed by atoms with E-state index in [1.165, 1.54) is 11.0 Å². The monoisotopic (exact) mass is 277 g/mol. The predicted molar refractivity (Wildman–Crippen MR) is 73.3 cm³/mol. The fourth-order valence-electron chi connectivity index (χ4n) is 2.60. The first-order valence-electron chi connectivity index (χ1n) is 6.78. The summed E-state index contributed by atoms with van der Waals surface area (Å²) in [7, 11) is 0. The Morgan fingerprint density at radius 2 is 2.05 bits per heavy atom. The van der Waals surface area contributed by atoms with Gasteiger partial charge in [-0.1, -0.05) is 25.1 Å². The standard InChI is InChI=1S/C15H19NO4/c1-10-6-7-16(12(8-10)15(19)20)14(18)9-11-4-2-3-5-13(11)17/h2-5,10,12,17H,6-9H2,1H3,(H,19,20). The van der Waals surface area contributed by atoms with E-state index in [1.807, 2.05) is 6.92 Å². The van der Waals surface area contributed by atoms with Crippen molar-refractivity contribution >= 4 is 11.9 Å². The Balaban J connectivity index is 2.11. The maximum atomic E-state index is 12.3. The number of carboxylic acids is 1. The number of hydrogen-bond acceptors (Lipinski definition) is 3. The second-order valence-electron chi connectivity index (χ2n) is 5.38. The van der Waals surface area contributed by atoms with Crippen LogP contribution in [0, 0.1) is 5.92 Å². The van der Waals surface area contributed by atoms with Crippen molar-refractivity contribution in [1.29, 1.82) is 0 Å². The first-order valence-corrected chi connectivity index (χ1v) is 6.78. The van der Waals surface area contributed by atoms with Crippen molar-refractivity contribution in [2.24, 2.45) is 5.92 Å². The molecular formula is C15H19NO4. The third kappa shape index (κ3) is 3.10. The van der Waals surface area contributed by atoms with Gasteiger partial charge in [-0.2, -0.15) is 0 Å². The van der Waals surface area contributed by atoms with Gasteiger partial charge < -0.3 is 15.1 Å². The third-order valence-electron chi connectivity index (χ3n) is 3.80. The van der Waals surface area contributed by atoms with E-state index in [0.717, 1.165) is 6.42 Å². The smallest absolute Gasteiger partial charge is 0.326 e. The maximum absolute atomic E-state index is 12.3. The highest BCUT2D eigenvalue weighted by Gasteiger charge is 2.34. The molecule has 2 N–H and O–H groups in total.